The zero-order valence-electron chi connectivity index (χ0n) is 9.64. The molecule has 5 heteroatoms. The molecule has 0 aliphatic carbocycles. The summed E-state index contributed by atoms with van der Waals surface area (Å²) in [7, 11) is 0. The van der Waals surface area contributed by atoms with Crippen LogP contribution in [-0.2, 0) is 6.54 Å². The summed E-state index contributed by atoms with van der Waals surface area (Å²) in [6, 6.07) is 3.42. The summed E-state index contributed by atoms with van der Waals surface area (Å²) in [5, 5.41) is 4.43. The number of halogens is 1. The maximum absolute atomic E-state index is 12.3. The summed E-state index contributed by atoms with van der Waals surface area (Å²) >= 11 is 5.99. The van der Waals surface area contributed by atoms with Crippen LogP contribution in [0.25, 0.3) is 0 Å². The van der Waals surface area contributed by atoms with Gasteiger partial charge in [0.05, 0.1) is 11.2 Å². The molecule has 0 fully saturated rings. The Hall–Kier alpha value is -1.68. The lowest BCUT2D eigenvalue weighted by Gasteiger charge is -2.05. The third-order valence-electron chi connectivity index (χ3n) is 2.47. The molecule has 0 atom stereocenters. The van der Waals surface area contributed by atoms with E-state index in [9.17, 15) is 4.79 Å². The van der Waals surface area contributed by atoms with Crippen molar-refractivity contribution in [2.45, 2.75) is 20.4 Å². The van der Waals surface area contributed by atoms with Gasteiger partial charge in [-0.3, -0.25) is 14.5 Å². The van der Waals surface area contributed by atoms with E-state index in [1.165, 1.54) is 6.20 Å². The van der Waals surface area contributed by atoms with Crippen molar-refractivity contribution < 1.29 is 4.79 Å². The molecule has 17 heavy (non-hydrogen) atoms. The third kappa shape index (κ3) is 2.22. The molecule has 2 aromatic heterocycles. The first-order valence-electron chi connectivity index (χ1n) is 5.32. The highest BCUT2D eigenvalue weighted by molar-refractivity contribution is 6.34. The Labute approximate surface area is 104 Å². The van der Waals surface area contributed by atoms with E-state index < -0.39 is 0 Å². The van der Waals surface area contributed by atoms with Gasteiger partial charge in [0.2, 0.25) is 5.78 Å². The number of rotatable bonds is 3. The van der Waals surface area contributed by atoms with E-state index in [1.54, 1.807) is 23.0 Å². The summed E-state index contributed by atoms with van der Waals surface area (Å²) in [4.78, 5) is 16.3. The Morgan fingerprint density at radius 2 is 2.29 bits per heavy atom. The molecule has 0 aliphatic heterocycles. The van der Waals surface area contributed by atoms with Crippen LogP contribution in [0.2, 0.25) is 5.02 Å². The fourth-order valence-electron chi connectivity index (χ4n) is 1.65. The highest BCUT2D eigenvalue weighted by Gasteiger charge is 2.18. The minimum atomic E-state index is -0.125. The Morgan fingerprint density at radius 1 is 1.53 bits per heavy atom. The quantitative estimate of drug-likeness (QED) is 0.786. The molecule has 4 nitrogen and oxygen atoms in total. The summed E-state index contributed by atoms with van der Waals surface area (Å²) in [5.74, 6) is -0.125. The van der Waals surface area contributed by atoms with E-state index >= 15 is 0 Å². The van der Waals surface area contributed by atoms with Gasteiger partial charge in [0.15, 0.2) is 0 Å². The van der Waals surface area contributed by atoms with E-state index in [0.717, 1.165) is 5.69 Å². The zero-order valence-corrected chi connectivity index (χ0v) is 10.4. The van der Waals surface area contributed by atoms with Crippen molar-refractivity contribution in [2.75, 3.05) is 0 Å². The van der Waals surface area contributed by atoms with Crippen molar-refractivity contribution in [1.82, 2.24) is 14.8 Å². The number of aromatic nitrogens is 3. The standard InChI is InChI=1S/C12H12ClN3O/c1-3-16-11(10(13)7-15-16)12(17)9-4-5-14-8(2)6-9/h4-7H,3H2,1-2H3. The highest BCUT2D eigenvalue weighted by atomic mass is 35.5. The van der Waals surface area contributed by atoms with Gasteiger partial charge in [0.1, 0.15) is 5.69 Å². The van der Waals surface area contributed by atoms with E-state index in [-0.39, 0.29) is 5.78 Å². The number of nitrogens with zero attached hydrogens (tertiary/aromatic N) is 3. The maximum atomic E-state index is 12.3. The summed E-state index contributed by atoms with van der Waals surface area (Å²) in [6.45, 7) is 4.37. The van der Waals surface area contributed by atoms with Crippen LogP contribution < -0.4 is 0 Å². The van der Waals surface area contributed by atoms with Crippen molar-refractivity contribution in [1.29, 1.82) is 0 Å². The average Bonchev–Trinajstić information content (AvgIpc) is 2.69. The van der Waals surface area contributed by atoms with Crippen molar-refractivity contribution in [3.05, 3.63) is 46.5 Å². The molecule has 2 aromatic rings. The lowest BCUT2D eigenvalue weighted by atomic mass is 10.1. The first-order valence-corrected chi connectivity index (χ1v) is 5.70. The number of aryl methyl sites for hydroxylation is 2. The molecule has 0 saturated heterocycles. The van der Waals surface area contributed by atoms with Crippen molar-refractivity contribution in [2.24, 2.45) is 0 Å². The van der Waals surface area contributed by atoms with Crippen LogP contribution in [0.5, 0.6) is 0 Å². The third-order valence-corrected chi connectivity index (χ3v) is 2.74. The van der Waals surface area contributed by atoms with Crippen LogP contribution in [0.4, 0.5) is 0 Å². The molecule has 0 bridgehead atoms. The van der Waals surface area contributed by atoms with E-state index in [2.05, 4.69) is 10.1 Å². The first-order chi connectivity index (χ1) is 8.13. The Balaban J connectivity index is 2.47. The first kappa shape index (κ1) is 11.8. The number of hydrogen-bond donors (Lipinski definition) is 0. The van der Waals surface area contributed by atoms with Crippen molar-refractivity contribution in [3.63, 3.8) is 0 Å². The van der Waals surface area contributed by atoms with Crippen LogP contribution in [-0.4, -0.2) is 20.5 Å². The fraction of sp³-hybridized carbons (Fsp3) is 0.250. The number of ketones is 1. The van der Waals surface area contributed by atoms with Crippen LogP contribution in [0.1, 0.15) is 28.7 Å². The number of hydrogen-bond acceptors (Lipinski definition) is 3. The predicted molar refractivity (Wildman–Crippen MR) is 65.3 cm³/mol. The molecule has 0 spiro atoms. The summed E-state index contributed by atoms with van der Waals surface area (Å²) < 4.78 is 1.60. The van der Waals surface area contributed by atoms with Gasteiger partial charge in [-0.15, -0.1) is 0 Å². The number of pyridine rings is 1. The van der Waals surface area contributed by atoms with Gasteiger partial charge in [0, 0.05) is 24.0 Å². The SMILES string of the molecule is CCn1ncc(Cl)c1C(=O)c1ccnc(C)c1. The second-order valence-corrected chi connectivity index (χ2v) is 4.08. The molecule has 88 valence electrons. The smallest absolute Gasteiger partial charge is 0.212 e. The van der Waals surface area contributed by atoms with Gasteiger partial charge >= 0.3 is 0 Å². The Morgan fingerprint density at radius 3 is 2.94 bits per heavy atom. The van der Waals surface area contributed by atoms with E-state index in [0.29, 0.717) is 22.8 Å². The molecular weight excluding hydrogens is 238 g/mol. The van der Waals surface area contributed by atoms with Gasteiger partial charge in [-0.2, -0.15) is 5.10 Å². The van der Waals surface area contributed by atoms with Crippen LogP contribution in [0.15, 0.2) is 24.5 Å². The number of carbonyl (C=O) groups is 1. The van der Waals surface area contributed by atoms with E-state index in [1.807, 2.05) is 13.8 Å². The second kappa shape index (κ2) is 4.67. The molecule has 2 heterocycles. The molecule has 0 aromatic carbocycles. The van der Waals surface area contributed by atoms with Crippen molar-refractivity contribution in [3.8, 4) is 0 Å². The lowest BCUT2D eigenvalue weighted by molar-refractivity contribution is 0.102. The van der Waals surface area contributed by atoms with Gasteiger partial charge < -0.3 is 0 Å². The summed E-state index contributed by atoms with van der Waals surface area (Å²) in [5.41, 5.74) is 1.81. The molecule has 2 rings (SSSR count). The van der Waals surface area contributed by atoms with Gasteiger partial charge in [-0.25, -0.2) is 0 Å². The highest BCUT2D eigenvalue weighted by Crippen LogP contribution is 2.19. The van der Waals surface area contributed by atoms with Crippen LogP contribution in [0, 0.1) is 6.92 Å². The fourth-order valence-corrected chi connectivity index (χ4v) is 1.88. The monoisotopic (exact) mass is 249 g/mol. The molecule has 0 N–H and O–H groups in total. The molecule has 0 amide bonds. The average molecular weight is 250 g/mol. The normalized spacial score (nSPS) is 10.5. The molecular formula is C12H12ClN3O. The minimum absolute atomic E-state index is 0.125. The lowest BCUT2D eigenvalue weighted by Crippen LogP contribution is -2.11. The number of carbonyl (C=O) groups excluding carboxylic acids is 1. The van der Waals surface area contributed by atoms with Crippen LogP contribution >= 0.6 is 11.6 Å². The second-order valence-electron chi connectivity index (χ2n) is 3.67. The topological polar surface area (TPSA) is 47.8 Å². The van der Waals surface area contributed by atoms with E-state index in [4.69, 9.17) is 11.6 Å². The maximum Gasteiger partial charge on any atom is 0.212 e. The van der Waals surface area contributed by atoms with Gasteiger partial charge in [0.25, 0.3) is 0 Å². The summed E-state index contributed by atoms with van der Waals surface area (Å²) in [6.07, 6.45) is 3.11. The van der Waals surface area contributed by atoms with Gasteiger partial charge in [-0.1, -0.05) is 11.6 Å². The Kier molecular flexibility index (Phi) is 3.24. The van der Waals surface area contributed by atoms with Crippen LogP contribution in [0.3, 0.4) is 0 Å². The largest absolute Gasteiger partial charge is 0.287 e. The molecule has 0 aliphatic rings. The predicted octanol–water partition coefficient (Wildman–Crippen LogP) is 2.49. The Bertz CT molecular complexity index is 563. The molecule has 0 unspecified atom stereocenters. The zero-order chi connectivity index (χ0) is 12.4. The molecule has 0 saturated carbocycles. The molecule has 0 radical (unpaired) electrons. The van der Waals surface area contributed by atoms with Crippen molar-refractivity contribution >= 4 is 17.4 Å². The minimum Gasteiger partial charge on any atom is -0.287 e. The van der Waals surface area contributed by atoms with Gasteiger partial charge in [-0.05, 0) is 26.0 Å².